The fourth-order valence-corrected chi connectivity index (χ4v) is 2.02. The molecule has 0 radical (unpaired) electrons. The first-order chi connectivity index (χ1) is 11.0. The number of benzene rings is 1. The van der Waals surface area contributed by atoms with Crippen molar-refractivity contribution in [2.75, 3.05) is 37.8 Å². The van der Waals surface area contributed by atoms with Crippen LogP contribution < -0.4 is 10.6 Å². The smallest absolute Gasteiger partial charge is 0.274 e. The maximum atomic E-state index is 12.4. The highest BCUT2D eigenvalue weighted by molar-refractivity contribution is 6.03. The van der Waals surface area contributed by atoms with Gasteiger partial charge >= 0.3 is 0 Å². The first-order valence-electron chi connectivity index (χ1n) is 7.56. The van der Waals surface area contributed by atoms with Gasteiger partial charge in [-0.15, -0.1) is 0 Å². The summed E-state index contributed by atoms with van der Waals surface area (Å²) in [6.45, 7) is 5.53. The number of aryl methyl sites for hydroxylation is 2. The Morgan fingerprint density at radius 1 is 1.22 bits per heavy atom. The molecule has 23 heavy (non-hydrogen) atoms. The third-order valence-corrected chi connectivity index (χ3v) is 3.37. The summed E-state index contributed by atoms with van der Waals surface area (Å²) in [4.78, 5) is 22.8. The number of nitrogens with one attached hydrogen (secondary N) is 2. The van der Waals surface area contributed by atoms with E-state index in [4.69, 9.17) is 0 Å². The fraction of sp³-hybridized carbons (Fsp3) is 0.353. The lowest BCUT2D eigenvalue weighted by Gasteiger charge is -2.11. The molecule has 0 bridgehead atoms. The van der Waals surface area contributed by atoms with E-state index >= 15 is 0 Å². The number of carbonyl (C=O) groups is 1. The zero-order chi connectivity index (χ0) is 16.8. The molecule has 0 saturated carbocycles. The van der Waals surface area contributed by atoms with E-state index in [1.54, 1.807) is 12.3 Å². The van der Waals surface area contributed by atoms with Crippen LogP contribution >= 0.6 is 0 Å². The van der Waals surface area contributed by atoms with E-state index in [1.807, 2.05) is 46.1 Å². The number of rotatable bonds is 6. The fourth-order valence-electron chi connectivity index (χ4n) is 2.02. The Hall–Kier alpha value is -2.47. The van der Waals surface area contributed by atoms with Crippen LogP contribution in [0.2, 0.25) is 0 Å². The van der Waals surface area contributed by atoms with E-state index in [1.165, 1.54) is 0 Å². The zero-order valence-corrected chi connectivity index (χ0v) is 14.1. The van der Waals surface area contributed by atoms with Crippen molar-refractivity contribution < 1.29 is 4.79 Å². The topological polar surface area (TPSA) is 70.2 Å². The molecular weight excluding hydrogens is 290 g/mol. The Morgan fingerprint density at radius 3 is 2.74 bits per heavy atom. The molecular formula is C17H23N5O. The lowest BCUT2D eigenvalue weighted by molar-refractivity contribution is 0.102. The van der Waals surface area contributed by atoms with Crippen LogP contribution in [-0.4, -0.2) is 48.0 Å². The standard InChI is InChI=1S/C17H23N5O/c1-12-5-6-13(2)15(11-12)20-16(23)14-7-8-18-17(21-14)19-9-10-22(3)4/h5-8,11H,9-10H2,1-4H3,(H,20,23)(H,18,19,21). The summed E-state index contributed by atoms with van der Waals surface area (Å²) in [5.41, 5.74) is 3.26. The van der Waals surface area contributed by atoms with Crippen LogP contribution in [0.5, 0.6) is 0 Å². The number of nitrogens with zero attached hydrogens (tertiary/aromatic N) is 3. The Bertz CT molecular complexity index is 684. The lowest BCUT2D eigenvalue weighted by atomic mass is 10.1. The number of aromatic nitrogens is 2. The molecule has 0 saturated heterocycles. The monoisotopic (exact) mass is 313 g/mol. The van der Waals surface area contributed by atoms with Gasteiger partial charge in [-0.25, -0.2) is 9.97 Å². The van der Waals surface area contributed by atoms with Gasteiger partial charge in [-0.3, -0.25) is 4.79 Å². The minimum absolute atomic E-state index is 0.239. The third kappa shape index (κ3) is 5.03. The van der Waals surface area contributed by atoms with Crippen molar-refractivity contribution in [3.05, 3.63) is 47.3 Å². The number of carbonyl (C=O) groups excluding carboxylic acids is 1. The van der Waals surface area contributed by atoms with Crippen LogP contribution in [0, 0.1) is 13.8 Å². The maximum absolute atomic E-state index is 12.4. The molecule has 0 aliphatic heterocycles. The van der Waals surface area contributed by atoms with Gasteiger partial charge in [-0.05, 0) is 51.2 Å². The Balaban J connectivity index is 2.06. The van der Waals surface area contributed by atoms with Crippen molar-refractivity contribution >= 4 is 17.5 Å². The second kappa shape index (κ2) is 7.69. The average Bonchev–Trinajstić information content (AvgIpc) is 2.51. The van der Waals surface area contributed by atoms with E-state index in [0.717, 1.165) is 29.9 Å². The average molecular weight is 313 g/mol. The van der Waals surface area contributed by atoms with Crippen molar-refractivity contribution in [2.45, 2.75) is 13.8 Å². The molecule has 0 aliphatic carbocycles. The predicted molar refractivity (Wildman–Crippen MR) is 92.9 cm³/mol. The molecule has 2 N–H and O–H groups in total. The van der Waals surface area contributed by atoms with Crippen molar-refractivity contribution in [3.8, 4) is 0 Å². The molecule has 1 heterocycles. The molecule has 6 heteroatoms. The summed E-state index contributed by atoms with van der Waals surface area (Å²) in [6, 6.07) is 7.56. The number of anilines is 2. The van der Waals surface area contributed by atoms with Gasteiger partial charge < -0.3 is 15.5 Å². The Morgan fingerprint density at radius 2 is 2.00 bits per heavy atom. The van der Waals surface area contributed by atoms with E-state index in [2.05, 4.69) is 25.5 Å². The van der Waals surface area contributed by atoms with Gasteiger partial charge in [0.2, 0.25) is 5.95 Å². The largest absolute Gasteiger partial charge is 0.353 e. The van der Waals surface area contributed by atoms with Crippen LogP contribution in [0.15, 0.2) is 30.5 Å². The van der Waals surface area contributed by atoms with Gasteiger partial charge in [0.25, 0.3) is 5.91 Å². The van der Waals surface area contributed by atoms with Crippen LogP contribution in [0.3, 0.4) is 0 Å². The zero-order valence-electron chi connectivity index (χ0n) is 14.1. The molecule has 0 spiro atoms. The molecule has 1 amide bonds. The molecule has 1 aromatic carbocycles. The number of hydrogen-bond acceptors (Lipinski definition) is 5. The van der Waals surface area contributed by atoms with E-state index in [0.29, 0.717) is 11.6 Å². The van der Waals surface area contributed by atoms with Crippen LogP contribution in [0.25, 0.3) is 0 Å². The van der Waals surface area contributed by atoms with E-state index < -0.39 is 0 Å². The Kier molecular flexibility index (Phi) is 5.65. The summed E-state index contributed by atoms with van der Waals surface area (Å²) in [5, 5.41) is 6.02. The van der Waals surface area contributed by atoms with Gasteiger partial charge in [0, 0.05) is 25.0 Å². The highest BCUT2D eigenvalue weighted by Crippen LogP contribution is 2.17. The molecule has 122 valence electrons. The van der Waals surface area contributed by atoms with Crippen molar-refractivity contribution in [2.24, 2.45) is 0 Å². The first-order valence-corrected chi connectivity index (χ1v) is 7.56. The SMILES string of the molecule is Cc1ccc(C)c(NC(=O)c2ccnc(NCCN(C)C)n2)c1. The molecule has 0 fully saturated rings. The summed E-state index contributed by atoms with van der Waals surface area (Å²) in [7, 11) is 3.99. The third-order valence-electron chi connectivity index (χ3n) is 3.37. The highest BCUT2D eigenvalue weighted by atomic mass is 16.1. The van der Waals surface area contributed by atoms with Gasteiger partial charge in [0.05, 0.1) is 0 Å². The first kappa shape index (κ1) is 16.9. The second-order valence-electron chi connectivity index (χ2n) is 5.77. The molecule has 1 aromatic heterocycles. The molecule has 0 unspecified atom stereocenters. The van der Waals surface area contributed by atoms with Crippen LogP contribution in [-0.2, 0) is 0 Å². The lowest BCUT2D eigenvalue weighted by Crippen LogP contribution is -2.22. The van der Waals surface area contributed by atoms with Gasteiger partial charge in [0.1, 0.15) is 5.69 Å². The number of amides is 1. The van der Waals surface area contributed by atoms with Gasteiger partial charge in [-0.2, -0.15) is 0 Å². The predicted octanol–water partition coefficient (Wildman–Crippen LogP) is 2.32. The summed E-state index contributed by atoms with van der Waals surface area (Å²) in [6.07, 6.45) is 1.59. The highest BCUT2D eigenvalue weighted by Gasteiger charge is 2.10. The minimum atomic E-state index is -0.239. The van der Waals surface area contributed by atoms with Crippen molar-refractivity contribution in [1.29, 1.82) is 0 Å². The van der Waals surface area contributed by atoms with E-state index in [9.17, 15) is 4.79 Å². The summed E-state index contributed by atoms with van der Waals surface area (Å²) >= 11 is 0. The number of hydrogen-bond donors (Lipinski definition) is 2. The van der Waals surface area contributed by atoms with E-state index in [-0.39, 0.29) is 5.91 Å². The molecule has 0 aliphatic rings. The quantitative estimate of drug-likeness (QED) is 0.856. The van der Waals surface area contributed by atoms with Gasteiger partial charge in [-0.1, -0.05) is 12.1 Å². The normalized spacial score (nSPS) is 10.7. The molecule has 2 aromatic rings. The van der Waals surface area contributed by atoms with Gasteiger partial charge in [0.15, 0.2) is 0 Å². The maximum Gasteiger partial charge on any atom is 0.274 e. The minimum Gasteiger partial charge on any atom is -0.353 e. The molecule has 2 rings (SSSR count). The molecule has 6 nitrogen and oxygen atoms in total. The van der Waals surface area contributed by atoms with Crippen LogP contribution in [0.1, 0.15) is 21.6 Å². The van der Waals surface area contributed by atoms with Crippen LogP contribution in [0.4, 0.5) is 11.6 Å². The number of likely N-dealkylation sites (N-methyl/N-ethyl adjacent to an activating group) is 1. The van der Waals surface area contributed by atoms with Crippen molar-refractivity contribution in [3.63, 3.8) is 0 Å². The second-order valence-corrected chi connectivity index (χ2v) is 5.77. The Labute approximate surface area is 137 Å². The molecule has 0 atom stereocenters. The summed E-state index contributed by atoms with van der Waals surface area (Å²) in [5.74, 6) is 0.220. The summed E-state index contributed by atoms with van der Waals surface area (Å²) < 4.78 is 0. The van der Waals surface area contributed by atoms with Crippen molar-refractivity contribution in [1.82, 2.24) is 14.9 Å².